The Kier molecular flexibility index (Phi) is 16.0. The van der Waals surface area contributed by atoms with E-state index >= 15 is 0 Å². The van der Waals surface area contributed by atoms with E-state index in [1.807, 2.05) is 48.5 Å². The first-order valence-electron chi connectivity index (χ1n) is 17.9. The quantitative estimate of drug-likeness (QED) is 0.0591. The molecular formula is C39H55N5O11. The highest BCUT2D eigenvalue weighted by Gasteiger charge is 2.42. The molecule has 1 heterocycles. The van der Waals surface area contributed by atoms with Crippen LogP contribution in [-0.2, 0) is 43.8 Å². The highest BCUT2D eigenvalue weighted by atomic mass is 16.5. The van der Waals surface area contributed by atoms with Gasteiger partial charge in [0.25, 0.3) is 11.8 Å². The van der Waals surface area contributed by atoms with Crippen LogP contribution in [0.5, 0.6) is 5.75 Å². The van der Waals surface area contributed by atoms with E-state index in [0.717, 1.165) is 17.1 Å². The fourth-order valence-electron chi connectivity index (χ4n) is 6.08. The summed E-state index contributed by atoms with van der Waals surface area (Å²) in [6.45, 7) is 14.2. The first-order chi connectivity index (χ1) is 25.4. The van der Waals surface area contributed by atoms with Crippen molar-refractivity contribution < 1.29 is 53.3 Å². The molecule has 0 fully saturated rings. The number of nitrogens with zero attached hydrogens (tertiary/aromatic N) is 2. The molecule has 5 amide bonds. The van der Waals surface area contributed by atoms with Crippen LogP contribution in [0.2, 0.25) is 0 Å². The zero-order chi connectivity index (χ0) is 42.0. The van der Waals surface area contributed by atoms with Gasteiger partial charge in [0.1, 0.15) is 17.8 Å². The third-order valence-corrected chi connectivity index (χ3v) is 9.45. The minimum atomic E-state index is -1.42. The van der Waals surface area contributed by atoms with Crippen molar-refractivity contribution in [1.82, 2.24) is 25.8 Å². The molecule has 302 valence electrons. The first-order valence-corrected chi connectivity index (χ1v) is 17.9. The van der Waals surface area contributed by atoms with Gasteiger partial charge < -0.3 is 35.8 Å². The second-order valence-electron chi connectivity index (χ2n) is 15.5. The molecule has 4 atom stereocenters. The average molecular weight is 770 g/mol. The molecule has 1 aliphatic rings. The van der Waals surface area contributed by atoms with Crippen molar-refractivity contribution in [2.24, 2.45) is 11.3 Å². The number of esters is 1. The lowest BCUT2D eigenvalue weighted by Gasteiger charge is -2.40. The van der Waals surface area contributed by atoms with E-state index in [1.54, 1.807) is 44.4 Å². The second kappa shape index (κ2) is 19.3. The minimum absolute atomic E-state index is 0.111. The number of carboxylic acids is 2. The Labute approximate surface area is 321 Å². The number of imide groups is 1. The summed E-state index contributed by atoms with van der Waals surface area (Å²) in [6.07, 6.45) is 2.87. The van der Waals surface area contributed by atoms with Crippen molar-refractivity contribution in [1.29, 1.82) is 0 Å². The van der Waals surface area contributed by atoms with Crippen molar-refractivity contribution >= 4 is 47.4 Å². The lowest BCUT2D eigenvalue weighted by molar-refractivity contribution is -0.143. The fraction of sp³-hybridized carbons (Fsp3) is 0.538. The van der Waals surface area contributed by atoms with Crippen molar-refractivity contribution in [3.05, 3.63) is 53.6 Å². The lowest BCUT2D eigenvalue weighted by Crippen LogP contribution is -2.61. The van der Waals surface area contributed by atoms with Gasteiger partial charge in [0.15, 0.2) is 0 Å². The molecule has 0 saturated heterocycles. The second-order valence-corrected chi connectivity index (χ2v) is 15.5. The number of nitrogens with one attached hydrogen (secondary N) is 3. The van der Waals surface area contributed by atoms with Gasteiger partial charge >= 0.3 is 17.9 Å². The maximum atomic E-state index is 14.2. The number of carbonyl (C=O) groups is 8. The predicted molar refractivity (Wildman–Crippen MR) is 201 cm³/mol. The zero-order valence-corrected chi connectivity index (χ0v) is 33.2. The van der Waals surface area contributed by atoms with Crippen LogP contribution in [0.4, 0.5) is 0 Å². The fourth-order valence-corrected chi connectivity index (χ4v) is 6.08. The summed E-state index contributed by atoms with van der Waals surface area (Å²) < 4.78 is 5.39. The van der Waals surface area contributed by atoms with Crippen molar-refractivity contribution in [2.75, 3.05) is 20.6 Å². The molecule has 16 nitrogen and oxygen atoms in total. The number of carboxylic acid groups (broad SMARTS) is 2. The van der Waals surface area contributed by atoms with E-state index in [4.69, 9.17) is 9.84 Å². The summed E-state index contributed by atoms with van der Waals surface area (Å²) in [5.41, 5.74) is -0.781. The maximum absolute atomic E-state index is 14.2. The van der Waals surface area contributed by atoms with Crippen LogP contribution in [0.3, 0.4) is 0 Å². The number of likely N-dealkylation sites (N-methyl/N-ethyl adjacent to an activating group) is 2. The monoisotopic (exact) mass is 769 g/mol. The number of ether oxygens (including phenoxy) is 1. The Morgan fingerprint density at radius 2 is 1.45 bits per heavy atom. The van der Waals surface area contributed by atoms with Gasteiger partial charge in [-0.1, -0.05) is 66.7 Å². The van der Waals surface area contributed by atoms with E-state index in [9.17, 15) is 43.5 Å². The van der Waals surface area contributed by atoms with E-state index in [0.29, 0.717) is 5.56 Å². The summed E-state index contributed by atoms with van der Waals surface area (Å²) >= 11 is 0. The van der Waals surface area contributed by atoms with Crippen molar-refractivity contribution in [3.63, 3.8) is 0 Å². The van der Waals surface area contributed by atoms with E-state index in [2.05, 4.69) is 16.0 Å². The third kappa shape index (κ3) is 12.6. The molecule has 0 radical (unpaired) electrons. The summed E-state index contributed by atoms with van der Waals surface area (Å²) in [7, 11) is 3.18. The molecule has 1 unspecified atom stereocenters. The number of hydrogen-bond acceptors (Lipinski definition) is 10. The predicted octanol–water partition coefficient (Wildman–Crippen LogP) is 2.17. The molecule has 0 bridgehead atoms. The van der Waals surface area contributed by atoms with E-state index in [-0.39, 0.29) is 36.6 Å². The molecule has 0 aromatic heterocycles. The molecular weight excluding hydrogens is 714 g/mol. The van der Waals surface area contributed by atoms with E-state index < -0.39 is 88.9 Å². The Hall–Kier alpha value is -5.38. The zero-order valence-electron chi connectivity index (χ0n) is 33.2. The van der Waals surface area contributed by atoms with Gasteiger partial charge in [0.05, 0.1) is 18.5 Å². The molecule has 0 spiro atoms. The lowest BCUT2D eigenvalue weighted by atomic mass is 9.76. The maximum Gasteiger partial charge on any atom is 0.326 e. The smallest absolute Gasteiger partial charge is 0.326 e. The van der Waals surface area contributed by atoms with Crippen LogP contribution in [-0.4, -0.2) is 112 Å². The van der Waals surface area contributed by atoms with Crippen LogP contribution in [0.15, 0.2) is 48.1 Å². The topological polar surface area (TPSA) is 229 Å². The van der Waals surface area contributed by atoms with Crippen LogP contribution in [0.1, 0.15) is 80.2 Å². The third-order valence-electron chi connectivity index (χ3n) is 9.45. The first kappa shape index (κ1) is 45.8. The van der Waals surface area contributed by atoms with Crippen LogP contribution >= 0.6 is 0 Å². The number of hydrogen-bond donors (Lipinski definition) is 5. The van der Waals surface area contributed by atoms with Gasteiger partial charge in [-0.2, -0.15) is 0 Å². The Morgan fingerprint density at radius 1 is 0.891 bits per heavy atom. The number of rotatable bonds is 19. The van der Waals surface area contributed by atoms with Crippen LogP contribution < -0.4 is 20.7 Å². The number of aliphatic carboxylic acids is 2. The number of amides is 5. The molecule has 5 N–H and O–H groups in total. The molecule has 1 aliphatic heterocycles. The largest absolute Gasteiger partial charge is 0.481 e. The Morgan fingerprint density at radius 3 is 1.93 bits per heavy atom. The van der Waals surface area contributed by atoms with Gasteiger partial charge in [0.2, 0.25) is 17.7 Å². The van der Waals surface area contributed by atoms with E-state index in [1.165, 1.54) is 11.8 Å². The molecule has 1 aromatic rings. The molecule has 0 aliphatic carbocycles. The molecule has 2 rings (SSSR count). The summed E-state index contributed by atoms with van der Waals surface area (Å²) in [4.78, 5) is 102. The molecule has 16 heteroatoms. The van der Waals surface area contributed by atoms with Gasteiger partial charge in [-0.25, -0.2) is 4.79 Å². The van der Waals surface area contributed by atoms with Crippen LogP contribution in [0, 0.1) is 11.3 Å². The number of benzene rings is 1. The Bertz CT molecular complexity index is 1670. The summed E-state index contributed by atoms with van der Waals surface area (Å²) in [5.74, 6) is -5.78. The van der Waals surface area contributed by atoms with Crippen molar-refractivity contribution in [3.8, 4) is 5.75 Å². The average Bonchev–Trinajstić information content (AvgIpc) is 3.41. The summed E-state index contributed by atoms with van der Waals surface area (Å²) in [5, 5.41) is 26.8. The van der Waals surface area contributed by atoms with Gasteiger partial charge in [-0.15, -0.1) is 0 Å². The highest BCUT2D eigenvalue weighted by Crippen LogP contribution is 2.30. The molecule has 1 aromatic carbocycles. The van der Waals surface area contributed by atoms with Crippen LogP contribution in [0.25, 0.3) is 0 Å². The SMILES string of the molecule is CNC(C(=O)N[C@H](C(=O)N(C)[C@H](/C=C(\C)C(=O)N[C@H](CCC(=O)O)C(=O)O)C(C)C)C(C)(C)C)C(C)(C)c1ccc(OC(=O)CCN2C(=O)C=CC2=O)cc1. The summed E-state index contributed by atoms with van der Waals surface area (Å²) in [6, 6.07) is 2.64. The minimum Gasteiger partial charge on any atom is -0.481 e. The Balaban J connectivity index is 2.22. The molecule has 55 heavy (non-hydrogen) atoms. The van der Waals surface area contributed by atoms with Gasteiger partial charge in [-0.3, -0.25) is 38.5 Å². The number of carbonyl (C=O) groups excluding carboxylic acids is 6. The van der Waals surface area contributed by atoms with Crippen molar-refractivity contribution in [2.45, 2.75) is 104 Å². The van der Waals surface area contributed by atoms with Gasteiger partial charge in [0, 0.05) is 43.2 Å². The molecule has 0 saturated carbocycles. The normalized spacial score (nSPS) is 15.6. The van der Waals surface area contributed by atoms with Gasteiger partial charge in [-0.05, 0) is 49.4 Å². The highest BCUT2D eigenvalue weighted by molar-refractivity contribution is 6.13. The standard InChI is InChI=1S/C39H55N5O11/c1-22(2)27(21-23(3)34(50)41-26(37(53)54)15-18-30(47)48)43(10)36(52)33(38(4,5)6)42-35(51)32(40-9)39(7,8)24-11-13-25(14-12-24)55-31(49)19-20-44-28(45)16-17-29(44)46/h11-14,16-17,21-22,26-27,32-33,40H,15,18-20H2,1-10H3,(H,41,50)(H,42,51)(H,47,48)(H,53,54)/b23-21+/t26-,27-,32?,33-/m1/s1.